The fourth-order valence-electron chi connectivity index (χ4n) is 2.27. The maximum Gasteiger partial charge on any atom is 0.241 e. The van der Waals surface area contributed by atoms with E-state index in [4.69, 9.17) is 0 Å². The van der Waals surface area contributed by atoms with E-state index in [1.165, 1.54) is 0 Å². The zero-order chi connectivity index (χ0) is 17.1. The minimum Gasteiger partial charge on any atom is -0.394 e. The van der Waals surface area contributed by atoms with Crippen LogP contribution in [0.4, 0.5) is 5.69 Å². The Labute approximate surface area is 137 Å². The lowest BCUT2D eigenvalue weighted by atomic mass is 9.94. The van der Waals surface area contributed by atoms with E-state index < -0.39 is 15.6 Å². The molecule has 0 bridgehead atoms. The van der Waals surface area contributed by atoms with Crippen LogP contribution in [-0.4, -0.2) is 34.2 Å². The molecule has 2 rings (SSSR count). The summed E-state index contributed by atoms with van der Waals surface area (Å²) in [6.07, 6.45) is 0. The molecule has 2 aromatic carbocycles. The summed E-state index contributed by atoms with van der Waals surface area (Å²) in [4.78, 5) is 2.06. The molecule has 2 N–H and O–H groups in total. The molecule has 0 heterocycles. The minimum absolute atomic E-state index is 0.165. The van der Waals surface area contributed by atoms with Crippen LogP contribution >= 0.6 is 0 Å². The molecule has 0 saturated carbocycles. The molecule has 0 fully saturated rings. The Balaban J connectivity index is 2.32. The number of hydrogen-bond donors (Lipinski definition) is 2. The van der Waals surface area contributed by atoms with Crippen molar-refractivity contribution in [2.24, 2.45) is 0 Å². The Hall–Kier alpha value is -1.89. The molecule has 0 aliphatic carbocycles. The summed E-state index contributed by atoms with van der Waals surface area (Å²) >= 11 is 0. The summed E-state index contributed by atoms with van der Waals surface area (Å²) in [7, 11) is 0.0286. The third-order valence-corrected chi connectivity index (χ3v) is 5.36. The first-order valence-corrected chi connectivity index (χ1v) is 8.74. The van der Waals surface area contributed by atoms with Crippen LogP contribution in [0.3, 0.4) is 0 Å². The Morgan fingerprint density at radius 1 is 1.04 bits per heavy atom. The SMILES string of the molecule is CN(C)c1ccc(S(=O)(=O)NC(C)(CO)c2ccccc2)cc1. The molecule has 1 unspecified atom stereocenters. The second kappa shape index (κ2) is 6.70. The minimum atomic E-state index is -3.75. The van der Waals surface area contributed by atoms with E-state index in [0.717, 1.165) is 5.69 Å². The molecule has 5 nitrogen and oxygen atoms in total. The van der Waals surface area contributed by atoms with Gasteiger partial charge >= 0.3 is 0 Å². The van der Waals surface area contributed by atoms with Gasteiger partial charge in [0.25, 0.3) is 0 Å². The van der Waals surface area contributed by atoms with Crippen LogP contribution in [0.25, 0.3) is 0 Å². The van der Waals surface area contributed by atoms with Crippen LogP contribution in [0, 0.1) is 0 Å². The Kier molecular flexibility index (Phi) is 5.09. The highest BCUT2D eigenvalue weighted by molar-refractivity contribution is 7.89. The summed E-state index contributed by atoms with van der Waals surface area (Å²) in [6.45, 7) is 1.32. The number of aliphatic hydroxyl groups excluding tert-OH is 1. The van der Waals surface area contributed by atoms with Gasteiger partial charge in [0, 0.05) is 19.8 Å². The van der Waals surface area contributed by atoms with Crippen molar-refractivity contribution in [2.45, 2.75) is 17.4 Å². The first kappa shape index (κ1) is 17.5. The molecule has 23 heavy (non-hydrogen) atoms. The first-order valence-electron chi connectivity index (χ1n) is 7.26. The highest BCUT2D eigenvalue weighted by Gasteiger charge is 2.31. The Morgan fingerprint density at radius 3 is 2.09 bits per heavy atom. The molecule has 124 valence electrons. The van der Waals surface area contributed by atoms with Crippen LogP contribution in [0.2, 0.25) is 0 Å². The second-order valence-electron chi connectivity index (χ2n) is 5.85. The van der Waals surface area contributed by atoms with Crippen molar-refractivity contribution in [1.82, 2.24) is 4.72 Å². The summed E-state index contributed by atoms with van der Waals surface area (Å²) in [5.74, 6) is 0. The number of nitrogens with zero attached hydrogens (tertiary/aromatic N) is 1. The van der Waals surface area contributed by atoms with E-state index in [1.807, 2.05) is 37.2 Å². The molecule has 1 atom stereocenters. The number of benzene rings is 2. The zero-order valence-corrected chi connectivity index (χ0v) is 14.3. The van der Waals surface area contributed by atoms with Gasteiger partial charge in [0.05, 0.1) is 17.0 Å². The van der Waals surface area contributed by atoms with Crippen molar-refractivity contribution in [3.8, 4) is 0 Å². The largest absolute Gasteiger partial charge is 0.394 e. The van der Waals surface area contributed by atoms with Gasteiger partial charge in [-0.1, -0.05) is 30.3 Å². The van der Waals surface area contributed by atoms with Crippen LogP contribution in [0.5, 0.6) is 0 Å². The number of nitrogens with one attached hydrogen (secondary N) is 1. The van der Waals surface area contributed by atoms with Crippen LogP contribution in [0.1, 0.15) is 12.5 Å². The van der Waals surface area contributed by atoms with Crippen molar-refractivity contribution in [1.29, 1.82) is 0 Å². The zero-order valence-electron chi connectivity index (χ0n) is 13.5. The lowest BCUT2D eigenvalue weighted by Gasteiger charge is -2.29. The number of hydrogen-bond acceptors (Lipinski definition) is 4. The molecule has 2 aromatic rings. The lowest BCUT2D eigenvalue weighted by molar-refractivity contribution is 0.196. The number of sulfonamides is 1. The summed E-state index contributed by atoms with van der Waals surface area (Å²) in [5, 5.41) is 9.73. The summed E-state index contributed by atoms with van der Waals surface area (Å²) < 4.78 is 27.9. The number of rotatable bonds is 6. The fraction of sp³-hybridized carbons (Fsp3) is 0.294. The molecule has 0 aliphatic heterocycles. The molecular weight excluding hydrogens is 312 g/mol. The van der Waals surface area contributed by atoms with E-state index in [2.05, 4.69) is 4.72 Å². The van der Waals surface area contributed by atoms with Gasteiger partial charge < -0.3 is 10.0 Å². The monoisotopic (exact) mass is 334 g/mol. The second-order valence-corrected chi connectivity index (χ2v) is 7.53. The molecule has 0 radical (unpaired) electrons. The van der Waals surface area contributed by atoms with Gasteiger partial charge in [-0.2, -0.15) is 4.72 Å². The van der Waals surface area contributed by atoms with Gasteiger partial charge in [0.1, 0.15) is 0 Å². The lowest BCUT2D eigenvalue weighted by Crippen LogP contribution is -2.46. The molecular formula is C17H22N2O3S. The highest BCUT2D eigenvalue weighted by atomic mass is 32.2. The third kappa shape index (κ3) is 3.90. The topological polar surface area (TPSA) is 69.6 Å². The van der Waals surface area contributed by atoms with E-state index in [1.54, 1.807) is 43.3 Å². The average Bonchev–Trinajstić information content (AvgIpc) is 2.55. The average molecular weight is 334 g/mol. The Bertz CT molecular complexity index is 743. The van der Waals surface area contributed by atoms with E-state index >= 15 is 0 Å². The first-order chi connectivity index (χ1) is 10.8. The highest BCUT2D eigenvalue weighted by Crippen LogP contribution is 2.24. The third-order valence-electron chi connectivity index (χ3n) is 3.75. The molecule has 0 spiro atoms. The van der Waals surface area contributed by atoms with Crippen LogP contribution in [-0.2, 0) is 15.6 Å². The smallest absolute Gasteiger partial charge is 0.241 e. The van der Waals surface area contributed by atoms with Gasteiger partial charge in [-0.3, -0.25) is 0 Å². The normalized spacial score (nSPS) is 14.3. The van der Waals surface area contributed by atoms with Gasteiger partial charge in [-0.05, 0) is 36.8 Å². The van der Waals surface area contributed by atoms with Crippen LogP contribution < -0.4 is 9.62 Å². The molecule has 0 aromatic heterocycles. The molecule has 6 heteroatoms. The molecule has 0 aliphatic rings. The fourth-order valence-corrected chi connectivity index (χ4v) is 3.66. The molecule has 0 saturated heterocycles. The van der Waals surface area contributed by atoms with Gasteiger partial charge in [0.2, 0.25) is 10.0 Å². The van der Waals surface area contributed by atoms with Crippen molar-refractivity contribution in [2.75, 3.05) is 25.6 Å². The number of aliphatic hydroxyl groups is 1. The van der Waals surface area contributed by atoms with Gasteiger partial charge in [-0.15, -0.1) is 0 Å². The van der Waals surface area contributed by atoms with Gasteiger partial charge in [0.15, 0.2) is 0 Å². The van der Waals surface area contributed by atoms with E-state index in [0.29, 0.717) is 5.56 Å². The van der Waals surface area contributed by atoms with Crippen molar-refractivity contribution >= 4 is 15.7 Å². The Morgan fingerprint density at radius 2 is 1.61 bits per heavy atom. The van der Waals surface area contributed by atoms with E-state index in [-0.39, 0.29) is 11.5 Å². The maximum absolute atomic E-state index is 12.6. The summed E-state index contributed by atoms with van der Waals surface area (Å²) in [6, 6.07) is 15.6. The summed E-state index contributed by atoms with van der Waals surface area (Å²) in [5.41, 5.74) is 0.535. The van der Waals surface area contributed by atoms with Gasteiger partial charge in [-0.25, -0.2) is 8.42 Å². The maximum atomic E-state index is 12.6. The predicted octanol–water partition coefficient (Wildman–Crippen LogP) is 1.94. The van der Waals surface area contributed by atoms with E-state index in [9.17, 15) is 13.5 Å². The number of anilines is 1. The standard InChI is InChI=1S/C17H22N2O3S/c1-17(13-20,14-7-5-4-6-8-14)18-23(21,22)16-11-9-15(10-12-16)19(2)3/h4-12,18,20H,13H2,1-3H3. The quantitative estimate of drug-likeness (QED) is 0.847. The van der Waals surface area contributed by atoms with Crippen molar-refractivity contribution in [3.05, 3.63) is 60.2 Å². The predicted molar refractivity (Wildman–Crippen MR) is 92.0 cm³/mol. The van der Waals surface area contributed by atoms with Crippen LogP contribution in [0.15, 0.2) is 59.5 Å². The van der Waals surface area contributed by atoms with Crippen molar-refractivity contribution < 1.29 is 13.5 Å². The van der Waals surface area contributed by atoms with Crippen molar-refractivity contribution in [3.63, 3.8) is 0 Å². The molecule has 0 amide bonds.